The van der Waals surface area contributed by atoms with E-state index in [1.54, 1.807) is 6.26 Å². The van der Waals surface area contributed by atoms with Crippen LogP contribution in [0.5, 0.6) is 0 Å². The van der Waals surface area contributed by atoms with Crippen LogP contribution in [0, 0.1) is 11.3 Å². The van der Waals surface area contributed by atoms with Crippen LogP contribution in [0.2, 0.25) is 0 Å². The van der Waals surface area contributed by atoms with Gasteiger partial charge in [-0.15, -0.1) is 0 Å². The maximum absolute atomic E-state index is 8.94. The summed E-state index contributed by atoms with van der Waals surface area (Å²) in [5.41, 5.74) is 2.15. The Morgan fingerprint density at radius 3 is 2.88 bits per heavy atom. The van der Waals surface area contributed by atoms with Crippen molar-refractivity contribution >= 4 is 27.6 Å². The maximum Gasteiger partial charge on any atom is 0.134 e. The first-order chi connectivity index (χ1) is 7.77. The van der Waals surface area contributed by atoms with E-state index < -0.39 is 0 Å². The van der Waals surface area contributed by atoms with Gasteiger partial charge in [0, 0.05) is 16.5 Å². The summed E-state index contributed by atoms with van der Waals surface area (Å²) in [4.78, 5) is 0. The molecule has 16 heavy (non-hydrogen) atoms. The zero-order chi connectivity index (χ0) is 11.5. The third-order valence-corrected chi connectivity index (χ3v) is 2.90. The molecule has 0 atom stereocenters. The lowest BCUT2D eigenvalue weighted by atomic mass is 10.1. The van der Waals surface area contributed by atoms with Crippen molar-refractivity contribution in [2.75, 3.05) is 0 Å². The van der Waals surface area contributed by atoms with Gasteiger partial charge in [-0.2, -0.15) is 5.26 Å². The molecule has 0 bridgehead atoms. The minimum atomic E-state index is 0.481. The lowest BCUT2D eigenvalue weighted by Crippen LogP contribution is -1.81. The van der Waals surface area contributed by atoms with Crippen molar-refractivity contribution in [1.82, 2.24) is 0 Å². The summed E-state index contributed by atoms with van der Waals surface area (Å²) < 4.78 is 5.38. The van der Waals surface area contributed by atoms with Crippen molar-refractivity contribution in [3.8, 4) is 6.07 Å². The van der Waals surface area contributed by atoms with Crippen LogP contribution in [0.25, 0.3) is 16.0 Å². The fourth-order valence-electron chi connectivity index (χ4n) is 1.59. The van der Waals surface area contributed by atoms with E-state index in [1.807, 2.05) is 31.2 Å². The topological polar surface area (TPSA) is 36.9 Å². The number of halogens is 1. The van der Waals surface area contributed by atoms with Crippen molar-refractivity contribution in [3.63, 3.8) is 0 Å². The second-order valence-corrected chi connectivity index (χ2v) is 3.78. The van der Waals surface area contributed by atoms with Gasteiger partial charge in [0.15, 0.2) is 0 Å². The molecular weight excluding hydrogens is 222 g/mol. The first-order valence-electron chi connectivity index (χ1n) is 5.03. The van der Waals surface area contributed by atoms with Crippen molar-refractivity contribution in [2.24, 2.45) is 0 Å². The molecule has 0 spiro atoms. The normalized spacial score (nSPS) is 12.3. The Labute approximate surface area is 98.7 Å². The highest BCUT2D eigenvalue weighted by atomic mass is 35.5. The number of rotatable bonds is 2. The van der Waals surface area contributed by atoms with E-state index in [9.17, 15) is 0 Å². The average molecular weight is 232 g/mol. The quantitative estimate of drug-likeness (QED) is 0.722. The fraction of sp³-hybridized carbons (Fsp3) is 0.154. The van der Waals surface area contributed by atoms with Crippen LogP contribution in [0.15, 0.2) is 40.5 Å². The molecule has 0 N–H and O–H groups in total. The molecule has 3 heteroatoms. The van der Waals surface area contributed by atoms with Gasteiger partial charge in [0.1, 0.15) is 11.8 Å². The predicted octanol–water partition coefficient (Wildman–Crippen LogP) is 4.32. The molecule has 2 rings (SSSR count). The zero-order valence-electron chi connectivity index (χ0n) is 8.83. The number of para-hydroxylation sites is 1. The summed E-state index contributed by atoms with van der Waals surface area (Å²) in [5.74, 6) is 0. The Morgan fingerprint density at radius 1 is 1.44 bits per heavy atom. The molecule has 1 aromatic heterocycles. The van der Waals surface area contributed by atoms with E-state index in [0.717, 1.165) is 16.5 Å². The molecule has 0 amide bonds. The fourth-order valence-corrected chi connectivity index (χ4v) is 1.92. The van der Waals surface area contributed by atoms with Gasteiger partial charge in [0.2, 0.25) is 0 Å². The Kier molecular flexibility index (Phi) is 2.98. The molecule has 1 aromatic carbocycles. The molecule has 2 nitrogen and oxygen atoms in total. The smallest absolute Gasteiger partial charge is 0.134 e. The van der Waals surface area contributed by atoms with E-state index in [2.05, 4.69) is 6.07 Å². The van der Waals surface area contributed by atoms with E-state index in [0.29, 0.717) is 17.0 Å². The number of fused-ring (bicyclic) bond motifs is 1. The van der Waals surface area contributed by atoms with Gasteiger partial charge in [0.05, 0.1) is 11.1 Å². The van der Waals surface area contributed by atoms with Gasteiger partial charge in [-0.1, -0.05) is 36.7 Å². The largest absolute Gasteiger partial charge is 0.464 e. The first-order valence-corrected chi connectivity index (χ1v) is 5.41. The Hall–Kier alpha value is -1.72. The SMILES string of the molecule is CCC(C#N)=C(Cl)c1coc2ccccc12. The molecule has 1 heterocycles. The molecule has 0 saturated carbocycles. The molecule has 0 aliphatic rings. The number of hydrogen-bond acceptors (Lipinski definition) is 2. The third-order valence-electron chi connectivity index (χ3n) is 2.47. The van der Waals surface area contributed by atoms with Gasteiger partial charge >= 0.3 is 0 Å². The molecule has 0 aliphatic carbocycles. The molecule has 0 fully saturated rings. The van der Waals surface area contributed by atoms with Crippen LogP contribution in [0.4, 0.5) is 0 Å². The summed E-state index contributed by atoms with van der Waals surface area (Å²) in [6, 6.07) is 9.74. The van der Waals surface area contributed by atoms with Crippen molar-refractivity contribution in [1.29, 1.82) is 5.26 Å². The Morgan fingerprint density at radius 2 is 2.19 bits per heavy atom. The average Bonchev–Trinajstić information content (AvgIpc) is 2.74. The highest BCUT2D eigenvalue weighted by Crippen LogP contribution is 2.32. The highest BCUT2D eigenvalue weighted by Gasteiger charge is 2.11. The second-order valence-electron chi connectivity index (χ2n) is 3.40. The van der Waals surface area contributed by atoms with Crippen LogP contribution in [-0.4, -0.2) is 0 Å². The minimum Gasteiger partial charge on any atom is -0.464 e. The maximum atomic E-state index is 8.94. The molecular formula is C13H10ClNO. The van der Waals surface area contributed by atoms with Gasteiger partial charge in [-0.3, -0.25) is 0 Å². The number of allylic oxidation sites excluding steroid dienone is 1. The second kappa shape index (κ2) is 4.42. The van der Waals surface area contributed by atoms with Crippen LogP contribution in [0.3, 0.4) is 0 Å². The van der Waals surface area contributed by atoms with Gasteiger partial charge in [-0.05, 0) is 12.5 Å². The molecule has 0 radical (unpaired) electrons. The summed E-state index contributed by atoms with van der Waals surface area (Å²) in [6.07, 6.45) is 2.22. The Bertz CT molecular complexity index is 589. The third kappa shape index (κ3) is 1.70. The summed E-state index contributed by atoms with van der Waals surface area (Å²) in [7, 11) is 0. The minimum absolute atomic E-state index is 0.481. The van der Waals surface area contributed by atoms with E-state index in [4.69, 9.17) is 21.3 Å². The van der Waals surface area contributed by atoms with Crippen LogP contribution in [-0.2, 0) is 0 Å². The predicted molar refractivity (Wildman–Crippen MR) is 64.9 cm³/mol. The van der Waals surface area contributed by atoms with Crippen LogP contribution >= 0.6 is 11.6 Å². The number of hydrogen-bond donors (Lipinski definition) is 0. The highest BCUT2D eigenvalue weighted by molar-refractivity contribution is 6.50. The zero-order valence-corrected chi connectivity index (χ0v) is 9.58. The van der Waals surface area contributed by atoms with E-state index >= 15 is 0 Å². The number of nitrogens with zero attached hydrogens (tertiary/aromatic N) is 1. The van der Waals surface area contributed by atoms with Crippen LogP contribution in [0.1, 0.15) is 18.9 Å². The van der Waals surface area contributed by atoms with Crippen LogP contribution < -0.4 is 0 Å². The summed E-state index contributed by atoms with van der Waals surface area (Å²) >= 11 is 6.19. The lowest BCUT2D eigenvalue weighted by molar-refractivity contribution is 0.615. The van der Waals surface area contributed by atoms with E-state index in [1.165, 1.54) is 0 Å². The van der Waals surface area contributed by atoms with E-state index in [-0.39, 0.29) is 0 Å². The van der Waals surface area contributed by atoms with Gasteiger partial charge in [-0.25, -0.2) is 0 Å². The standard InChI is InChI=1S/C13H10ClNO/c1-2-9(7-15)13(14)11-8-16-12-6-4-3-5-10(11)12/h3-6,8H,2H2,1H3. The number of nitriles is 1. The van der Waals surface area contributed by atoms with Crippen molar-refractivity contribution < 1.29 is 4.42 Å². The first kappa shape index (κ1) is 10.8. The molecule has 0 aliphatic heterocycles. The molecule has 0 unspecified atom stereocenters. The lowest BCUT2D eigenvalue weighted by Gasteiger charge is -1.98. The number of furan rings is 1. The van der Waals surface area contributed by atoms with Crippen molar-refractivity contribution in [2.45, 2.75) is 13.3 Å². The monoisotopic (exact) mass is 231 g/mol. The van der Waals surface area contributed by atoms with Crippen molar-refractivity contribution in [3.05, 3.63) is 41.7 Å². The van der Waals surface area contributed by atoms with Gasteiger partial charge in [0.25, 0.3) is 0 Å². The molecule has 0 saturated heterocycles. The van der Waals surface area contributed by atoms with Gasteiger partial charge < -0.3 is 4.42 Å². The summed E-state index contributed by atoms with van der Waals surface area (Å²) in [6.45, 7) is 1.91. The Balaban J connectivity index is 2.65. The summed E-state index contributed by atoms with van der Waals surface area (Å²) in [5, 5.41) is 10.4. The molecule has 80 valence electrons. The molecule has 2 aromatic rings. The number of benzene rings is 1.